The molecule has 0 amide bonds. The van der Waals surface area contributed by atoms with Crippen molar-refractivity contribution in [3.05, 3.63) is 0 Å². The molecule has 0 heterocycles. The van der Waals surface area contributed by atoms with Crippen LogP contribution in [0.15, 0.2) is 0 Å². The van der Waals surface area contributed by atoms with E-state index in [-0.39, 0.29) is 6.10 Å². The Morgan fingerprint density at radius 3 is 2.18 bits per heavy atom. The summed E-state index contributed by atoms with van der Waals surface area (Å²) in [5.74, 6) is 5.92. The second-order valence-corrected chi connectivity index (χ2v) is 3.26. The molecule has 2 atom stereocenters. The molecule has 0 saturated heterocycles. The third-order valence-electron chi connectivity index (χ3n) is 2.33. The molecule has 0 aromatic carbocycles. The normalized spacial score (nSPS) is 16.4. The van der Waals surface area contributed by atoms with Crippen LogP contribution in [0.2, 0.25) is 0 Å². The third kappa shape index (κ3) is 5.22. The van der Waals surface area contributed by atoms with Crippen molar-refractivity contribution in [3.63, 3.8) is 0 Å². The van der Waals surface area contributed by atoms with Crippen LogP contribution in [-0.4, -0.2) is 6.10 Å². The van der Waals surface area contributed by atoms with Crippen LogP contribution in [0.4, 0.5) is 0 Å². The Hall–Kier alpha value is -0.0800. The van der Waals surface area contributed by atoms with Gasteiger partial charge in [-0.05, 0) is 25.2 Å². The van der Waals surface area contributed by atoms with Gasteiger partial charge in [0, 0.05) is 0 Å². The quantitative estimate of drug-likeness (QED) is 0.604. The number of hydrogen-bond donors (Lipinski definition) is 1. The lowest BCUT2D eigenvalue weighted by Crippen LogP contribution is -2.16. The van der Waals surface area contributed by atoms with Crippen LogP contribution in [0.1, 0.15) is 46.5 Å². The molecule has 2 unspecified atom stereocenters. The lowest BCUT2D eigenvalue weighted by molar-refractivity contribution is 0.0406. The first kappa shape index (κ1) is 10.9. The molecule has 0 fully saturated rings. The Kier molecular flexibility index (Phi) is 6.57. The fourth-order valence-electron chi connectivity index (χ4n) is 1.04. The number of rotatable bonds is 6. The average Bonchev–Trinajstić information content (AvgIpc) is 2.06. The van der Waals surface area contributed by atoms with Gasteiger partial charge in [0.05, 0.1) is 6.10 Å². The zero-order chi connectivity index (χ0) is 8.69. The van der Waals surface area contributed by atoms with Crippen LogP contribution in [0, 0.1) is 5.92 Å². The van der Waals surface area contributed by atoms with Crippen molar-refractivity contribution in [3.8, 4) is 0 Å². The zero-order valence-corrected chi connectivity index (χ0v) is 7.97. The van der Waals surface area contributed by atoms with Gasteiger partial charge in [-0.3, -0.25) is 0 Å². The molecule has 0 radical (unpaired) electrons. The lowest BCUT2D eigenvalue weighted by atomic mass is 10.00. The second kappa shape index (κ2) is 6.62. The molecule has 0 aromatic rings. The summed E-state index contributed by atoms with van der Waals surface area (Å²) in [5.41, 5.74) is 0. The van der Waals surface area contributed by atoms with Crippen molar-refractivity contribution in [1.82, 2.24) is 0 Å². The summed E-state index contributed by atoms with van der Waals surface area (Å²) in [7, 11) is 0. The van der Waals surface area contributed by atoms with E-state index in [0.717, 1.165) is 18.8 Å². The van der Waals surface area contributed by atoms with E-state index in [0.29, 0.717) is 0 Å². The second-order valence-electron chi connectivity index (χ2n) is 3.26. The summed E-state index contributed by atoms with van der Waals surface area (Å²) < 4.78 is 0. The van der Waals surface area contributed by atoms with Crippen LogP contribution in [0.25, 0.3) is 0 Å². The minimum absolute atomic E-state index is 0.268. The van der Waals surface area contributed by atoms with Crippen molar-refractivity contribution < 1.29 is 4.84 Å². The van der Waals surface area contributed by atoms with Gasteiger partial charge in [0.2, 0.25) is 0 Å². The molecular formula is C9H21NO. The molecule has 0 saturated carbocycles. The Morgan fingerprint density at radius 1 is 1.18 bits per heavy atom. The largest absolute Gasteiger partial charge is 0.301 e. The van der Waals surface area contributed by atoms with Crippen LogP contribution in [-0.2, 0) is 4.84 Å². The fourth-order valence-corrected chi connectivity index (χ4v) is 1.04. The van der Waals surface area contributed by atoms with Gasteiger partial charge in [0.25, 0.3) is 0 Å². The van der Waals surface area contributed by atoms with E-state index < -0.39 is 0 Å². The topological polar surface area (TPSA) is 35.2 Å². The standard InChI is InChI=1S/C9H21NO/c1-4-8(3)6-7-9(5-2)11-10/h8-9H,4-7,10H2,1-3H3. The predicted octanol–water partition coefficient (Wildman–Crippen LogP) is 2.48. The van der Waals surface area contributed by atoms with Crippen molar-refractivity contribution in [2.45, 2.75) is 52.6 Å². The van der Waals surface area contributed by atoms with Gasteiger partial charge in [-0.25, -0.2) is 5.90 Å². The maximum Gasteiger partial charge on any atom is 0.0784 e. The first-order valence-corrected chi connectivity index (χ1v) is 4.60. The predicted molar refractivity (Wildman–Crippen MR) is 48.0 cm³/mol. The molecular weight excluding hydrogens is 138 g/mol. The van der Waals surface area contributed by atoms with Gasteiger partial charge in [-0.2, -0.15) is 0 Å². The molecule has 11 heavy (non-hydrogen) atoms. The maximum atomic E-state index is 5.11. The Bertz CT molecular complexity index is 81.6. The van der Waals surface area contributed by atoms with Crippen molar-refractivity contribution in [2.24, 2.45) is 11.8 Å². The van der Waals surface area contributed by atoms with Crippen LogP contribution in [0.5, 0.6) is 0 Å². The van der Waals surface area contributed by atoms with Crippen molar-refractivity contribution in [1.29, 1.82) is 0 Å². The molecule has 0 bridgehead atoms. The van der Waals surface area contributed by atoms with Gasteiger partial charge < -0.3 is 4.84 Å². The average molecular weight is 159 g/mol. The summed E-state index contributed by atoms with van der Waals surface area (Å²) >= 11 is 0. The molecule has 0 aromatic heterocycles. The van der Waals surface area contributed by atoms with E-state index in [4.69, 9.17) is 10.7 Å². The van der Waals surface area contributed by atoms with Gasteiger partial charge in [-0.1, -0.05) is 27.2 Å². The van der Waals surface area contributed by atoms with Crippen molar-refractivity contribution >= 4 is 0 Å². The minimum Gasteiger partial charge on any atom is -0.301 e. The van der Waals surface area contributed by atoms with Crippen molar-refractivity contribution in [2.75, 3.05) is 0 Å². The Morgan fingerprint density at radius 2 is 1.82 bits per heavy atom. The van der Waals surface area contributed by atoms with Gasteiger partial charge >= 0.3 is 0 Å². The first-order valence-electron chi connectivity index (χ1n) is 4.60. The highest BCUT2D eigenvalue weighted by Gasteiger charge is 2.06. The summed E-state index contributed by atoms with van der Waals surface area (Å²) in [6.45, 7) is 6.59. The first-order chi connectivity index (χ1) is 5.24. The van der Waals surface area contributed by atoms with E-state index in [1.165, 1.54) is 12.8 Å². The van der Waals surface area contributed by atoms with Gasteiger partial charge in [0.1, 0.15) is 0 Å². The molecule has 0 aliphatic rings. The molecule has 2 nitrogen and oxygen atoms in total. The van der Waals surface area contributed by atoms with E-state index in [1.807, 2.05) is 0 Å². The number of hydrogen-bond acceptors (Lipinski definition) is 2. The fraction of sp³-hybridized carbons (Fsp3) is 1.00. The van der Waals surface area contributed by atoms with E-state index in [9.17, 15) is 0 Å². The zero-order valence-electron chi connectivity index (χ0n) is 7.97. The van der Waals surface area contributed by atoms with E-state index >= 15 is 0 Å². The van der Waals surface area contributed by atoms with Gasteiger partial charge in [-0.15, -0.1) is 0 Å². The SMILES string of the molecule is CCC(C)CCC(CC)ON. The minimum atomic E-state index is 0.268. The van der Waals surface area contributed by atoms with Crippen LogP contribution in [0.3, 0.4) is 0 Å². The smallest absolute Gasteiger partial charge is 0.0784 e. The van der Waals surface area contributed by atoms with E-state index in [1.54, 1.807) is 0 Å². The Balaban J connectivity index is 3.34. The van der Waals surface area contributed by atoms with Crippen LogP contribution < -0.4 is 5.90 Å². The monoisotopic (exact) mass is 159 g/mol. The highest BCUT2D eigenvalue weighted by atomic mass is 16.6. The molecule has 2 heteroatoms. The van der Waals surface area contributed by atoms with Crippen LogP contribution >= 0.6 is 0 Å². The summed E-state index contributed by atoms with van der Waals surface area (Å²) in [6, 6.07) is 0. The highest BCUT2D eigenvalue weighted by molar-refractivity contribution is 4.57. The third-order valence-corrected chi connectivity index (χ3v) is 2.33. The molecule has 0 rings (SSSR count). The molecule has 68 valence electrons. The summed E-state index contributed by atoms with van der Waals surface area (Å²) in [5, 5.41) is 0. The van der Waals surface area contributed by atoms with E-state index in [2.05, 4.69) is 20.8 Å². The molecule has 0 aliphatic carbocycles. The molecule has 0 spiro atoms. The molecule has 2 N–H and O–H groups in total. The summed E-state index contributed by atoms with van der Waals surface area (Å²) in [6.07, 6.45) is 4.87. The maximum absolute atomic E-state index is 5.11. The highest BCUT2D eigenvalue weighted by Crippen LogP contribution is 2.13. The summed E-state index contributed by atoms with van der Waals surface area (Å²) in [4.78, 5) is 4.79. The number of nitrogens with two attached hydrogens (primary N) is 1. The van der Waals surface area contributed by atoms with Gasteiger partial charge in [0.15, 0.2) is 0 Å². The molecule has 0 aliphatic heterocycles. The lowest BCUT2D eigenvalue weighted by Gasteiger charge is -2.14. The Labute approximate surface area is 70.1 Å².